The lowest BCUT2D eigenvalue weighted by atomic mass is 10.0. The predicted octanol–water partition coefficient (Wildman–Crippen LogP) is 2.04. The van der Waals surface area contributed by atoms with Crippen molar-refractivity contribution < 1.29 is 0 Å². The second-order valence-corrected chi connectivity index (χ2v) is 5.05. The third-order valence-corrected chi connectivity index (χ3v) is 3.96. The van der Waals surface area contributed by atoms with Gasteiger partial charge in [0.15, 0.2) is 0 Å². The molecule has 0 aliphatic heterocycles. The third kappa shape index (κ3) is 4.20. The molecule has 3 unspecified atom stereocenters. The summed E-state index contributed by atoms with van der Waals surface area (Å²) in [4.78, 5) is 2.48. The quantitative estimate of drug-likeness (QED) is 0.709. The van der Waals surface area contributed by atoms with Crippen molar-refractivity contribution in [3.63, 3.8) is 0 Å². The minimum Gasteiger partial charge on any atom is -0.330 e. The Balaban J connectivity index is 4.17. The fourth-order valence-corrected chi connectivity index (χ4v) is 2.50. The first-order chi connectivity index (χ1) is 6.58. The van der Waals surface area contributed by atoms with Gasteiger partial charge in [-0.3, -0.25) is 4.90 Å². The van der Waals surface area contributed by atoms with E-state index in [-0.39, 0.29) is 0 Å². The van der Waals surface area contributed by atoms with Gasteiger partial charge in [-0.2, -0.15) is 11.8 Å². The van der Waals surface area contributed by atoms with Crippen molar-refractivity contribution in [2.75, 3.05) is 25.6 Å². The van der Waals surface area contributed by atoms with Gasteiger partial charge in [-0.1, -0.05) is 13.8 Å². The van der Waals surface area contributed by atoms with Crippen molar-refractivity contribution in [1.29, 1.82) is 0 Å². The Bertz CT molecular complexity index is 139. The van der Waals surface area contributed by atoms with E-state index in [1.165, 1.54) is 12.2 Å². The molecule has 0 aliphatic rings. The molecule has 0 spiro atoms. The Kier molecular flexibility index (Phi) is 7.69. The molecule has 0 rings (SSSR count). The van der Waals surface area contributed by atoms with Gasteiger partial charge in [-0.15, -0.1) is 0 Å². The van der Waals surface area contributed by atoms with E-state index in [9.17, 15) is 0 Å². The van der Waals surface area contributed by atoms with E-state index >= 15 is 0 Å². The lowest BCUT2D eigenvalue weighted by Gasteiger charge is -2.35. The first-order valence-corrected chi connectivity index (χ1v) is 6.88. The third-order valence-electron chi connectivity index (χ3n) is 3.24. The maximum Gasteiger partial charge on any atom is 0.0183 e. The number of hydrogen-bond acceptors (Lipinski definition) is 3. The van der Waals surface area contributed by atoms with Crippen LogP contribution in [0, 0.1) is 5.92 Å². The van der Waals surface area contributed by atoms with Crippen LogP contribution in [0.1, 0.15) is 27.2 Å². The summed E-state index contributed by atoms with van der Waals surface area (Å²) in [6.07, 6.45) is 3.40. The molecule has 2 nitrogen and oxygen atoms in total. The van der Waals surface area contributed by atoms with E-state index in [1.807, 2.05) is 11.8 Å². The van der Waals surface area contributed by atoms with Gasteiger partial charge in [-0.05, 0) is 39.1 Å². The Morgan fingerprint density at radius 2 is 1.93 bits per heavy atom. The molecule has 86 valence electrons. The van der Waals surface area contributed by atoms with Crippen LogP contribution in [0.25, 0.3) is 0 Å². The fraction of sp³-hybridized carbons (Fsp3) is 1.00. The van der Waals surface area contributed by atoms with Crippen LogP contribution in [0.4, 0.5) is 0 Å². The van der Waals surface area contributed by atoms with E-state index in [0.717, 1.165) is 6.54 Å². The highest BCUT2D eigenvalue weighted by Gasteiger charge is 2.21. The zero-order valence-corrected chi connectivity index (χ0v) is 11.1. The molecule has 14 heavy (non-hydrogen) atoms. The summed E-state index contributed by atoms with van der Waals surface area (Å²) in [5.74, 6) is 1.80. The van der Waals surface area contributed by atoms with Crippen molar-refractivity contribution in [2.24, 2.45) is 11.7 Å². The maximum atomic E-state index is 5.69. The van der Waals surface area contributed by atoms with Gasteiger partial charge in [0.1, 0.15) is 0 Å². The normalized spacial score (nSPS) is 18.2. The van der Waals surface area contributed by atoms with Crippen LogP contribution >= 0.6 is 11.8 Å². The zero-order valence-electron chi connectivity index (χ0n) is 10.3. The number of rotatable bonds is 7. The SMILES string of the molecule is CCC(CSC)N(C)C(C)C(C)CN. The van der Waals surface area contributed by atoms with E-state index in [1.54, 1.807) is 0 Å². The highest BCUT2D eigenvalue weighted by Crippen LogP contribution is 2.15. The molecule has 2 N–H and O–H groups in total. The molecule has 0 saturated heterocycles. The molecule has 0 bridgehead atoms. The van der Waals surface area contributed by atoms with Crippen LogP contribution in [-0.2, 0) is 0 Å². The second-order valence-electron chi connectivity index (χ2n) is 4.14. The van der Waals surface area contributed by atoms with Crippen LogP contribution in [0.15, 0.2) is 0 Å². The summed E-state index contributed by atoms with van der Waals surface area (Å²) in [7, 11) is 2.22. The monoisotopic (exact) mass is 218 g/mol. The number of nitrogens with two attached hydrogens (primary N) is 1. The molecule has 0 aliphatic carbocycles. The van der Waals surface area contributed by atoms with Gasteiger partial charge >= 0.3 is 0 Å². The summed E-state index contributed by atoms with van der Waals surface area (Å²) in [5.41, 5.74) is 5.69. The molecule has 0 radical (unpaired) electrons. The molecule has 0 aromatic carbocycles. The average molecular weight is 218 g/mol. The molecule has 0 fully saturated rings. The van der Waals surface area contributed by atoms with Crippen molar-refractivity contribution in [1.82, 2.24) is 4.90 Å². The highest BCUT2D eigenvalue weighted by atomic mass is 32.2. The van der Waals surface area contributed by atoms with Gasteiger partial charge in [0.05, 0.1) is 0 Å². The van der Waals surface area contributed by atoms with E-state index in [0.29, 0.717) is 18.0 Å². The first kappa shape index (κ1) is 14.3. The maximum absolute atomic E-state index is 5.69. The Morgan fingerprint density at radius 3 is 2.29 bits per heavy atom. The van der Waals surface area contributed by atoms with Crippen LogP contribution < -0.4 is 5.73 Å². The van der Waals surface area contributed by atoms with Crippen LogP contribution in [0.2, 0.25) is 0 Å². The summed E-state index contributed by atoms with van der Waals surface area (Å²) in [6, 6.07) is 1.27. The molecule has 0 amide bonds. The van der Waals surface area contributed by atoms with E-state index in [2.05, 4.69) is 39.0 Å². The first-order valence-electron chi connectivity index (χ1n) is 5.49. The van der Waals surface area contributed by atoms with Crippen molar-refractivity contribution in [3.05, 3.63) is 0 Å². The summed E-state index contributed by atoms with van der Waals surface area (Å²) in [5, 5.41) is 0. The minimum absolute atomic E-state index is 0.580. The standard InChI is InChI=1S/C11H26N2S/c1-6-11(8-14-5)13(4)10(3)9(2)7-12/h9-11H,6-8,12H2,1-5H3. The second kappa shape index (κ2) is 7.55. The summed E-state index contributed by atoms with van der Waals surface area (Å²) >= 11 is 1.93. The topological polar surface area (TPSA) is 29.3 Å². The number of thioether (sulfide) groups is 1. The van der Waals surface area contributed by atoms with Crippen LogP contribution in [0.3, 0.4) is 0 Å². The van der Waals surface area contributed by atoms with Crippen molar-refractivity contribution in [3.8, 4) is 0 Å². The van der Waals surface area contributed by atoms with Crippen LogP contribution in [-0.4, -0.2) is 42.6 Å². The fourth-order valence-electron chi connectivity index (χ4n) is 1.65. The summed E-state index contributed by atoms with van der Waals surface area (Å²) < 4.78 is 0. The Labute approximate surface area is 93.6 Å². The van der Waals surface area contributed by atoms with Crippen molar-refractivity contribution in [2.45, 2.75) is 39.3 Å². The molecular formula is C11H26N2S. The molecule has 0 heterocycles. The summed E-state index contributed by atoms with van der Waals surface area (Å²) in [6.45, 7) is 7.55. The molecule has 0 saturated carbocycles. The Hall–Kier alpha value is 0.270. The highest BCUT2D eigenvalue weighted by molar-refractivity contribution is 7.98. The van der Waals surface area contributed by atoms with E-state index < -0.39 is 0 Å². The minimum atomic E-state index is 0.580. The van der Waals surface area contributed by atoms with Gasteiger partial charge in [0.2, 0.25) is 0 Å². The van der Waals surface area contributed by atoms with Gasteiger partial charge < -0.3 is 5.73 Å². The lowest BCUT2D eigenvalue weighted by molar-refractivity contribution is 0.153. The zero-order chi connectivity index (χ0) is 11.1. The smallest absolute Gasteiger partial charge is 0.0183 e. The van der Waals surface area contributed by atoms with Gasteiger partial charge in [-0.25, -0.2) is 0 Å². The van der Waals surface area contributed by atoms with E-state index in [4.69, 9.17) is 5.73 Å². The largest absolute Gasteiger partial charge is 0.330 e. The van der Waals surface area contributed by atoms with Crippen LogP contribution in [0.5, 0.6) is 0 Å². The predicted molar refractivity (Wildman–Crippen MR) is 67.9 cm³/mol. The van der Waals surface area contributed by atoms with Gasteiger partial charge in [0, 0.05) is 17.8 Å². The molecule has 0 aromatic rings. The van der Waals surface area contributed by atoms with Gasteiger partial charge in [0.25, 0.3) is 0 Å². The molecule has 3 heteroatoms. The van der Waals surface area contributed by atoms with Crippen molar-refractivity contribution >= 4 is 11.8 Å². The molecule has 0 aromatic heterocycles. The molecule has 3 atom stereocenters. The average Bonchev–Trinajstić information content (AvgIpc) is 2.22. The number of nitrogens with zero attached hydrogens (tertiary/aromatic N) is 1. The lowest BCUT2D eigenvalue weighted by Crippen LogP contribution is -2.44. The Morgan fingerprint density at radius 1 is 1.36 bits per heavy atom. The molecular weight excluding hydrogens is 192 g/mol. The number of hydrogen-bond donors (Lipinski definition) is 1.